The molecule has 1 aromatic heterocycles. The van der Waals surface area contributed by atoms with Gasteiger partial charge >= 0.3 is 0 Å². The van der Waals surface area contributed by atoms with E-state index < -0.39 is 0 Å². The van der Waals surface area contributed by atoms with Crippen molar-refractivity contribution in [2.75, 3.05) is 23.0 Å². The zero-order valence-corrected chi connectivity index (χ0v) is 21.6. The van der Waals surface area contributed by atoms with Crippen LogP contribution in [0, 0.1) is 0 Å². The third-order valence-corrected chi connectivity index (χ3v) is 7.14. The summed E-state index contributed by atoms with van der Waals surface area (Å²) < 4.78 is 0. The number of hydrazone groups is 1. The van der Waals surface area contributed by atoms with E-state index in [-0.39, 0.29) is 5.91 Å². The highest BCUT2D eigenvalue weighted by atomic mass is 35.5. The van der Waals surface area contributed by atoms with Gasteiger partial charge in [0.1, 0.15) is 5.71 Å². The standard InChI is InChI=1S/C29H25ClN4OS/c1-3-33(4-2)24-16-10-20(11-17-24)18-25-27(22-8-6-5-7-9-22)32-34(28(25)35)29-31-26(19-36-29)21-12-14-23(30)15-13-21/h5-19H,3-4H2,1-2H3/b25-18+. The molecular weight excluding hydrogens is 488 g/mol. The fraction of sp³-hybridized carbons (Fsp3) is 0.138. The fourth-order valence-corrected chi connectivity index (χ4v) is 5.04. The van der Waals surface area contributed by atoms with Gasteiger partial charge in [-0.2, -0.15) is 10.1 Å². The SMILES string of the molecule is CCN(CC)c1ccc(/C=C2/C(=O)N(c3nc(-c4ccc(Cl)cc4)cs3)N=C2c2ccccc2)cc1. The Morgan fingerprint density at radius 3 is 2.28 bits per heavy atom. The van der Waals surface area contributed by atoms with Crippen molar-refractivity contribution in [2.45, 2.75) is 13.8 Å². The molecule has 4 aromatic rings. The molecule has 5 nitrogen and oxygen atoms in total. The van der Waals surface area contributed by atoms with Crippen LogP contribution in [0.25, 0.3) is 17.3 Å². The molecule has 5 rings (SSSR count). The number of rotatable bonds is 7. The molecule has 0 spiro atoms. The zero-order chi connectivity index (χ0) is 25.1. The second kappa shape index (κ2) is 10.5. The van der Waals surface area contributed by atoms with Crippen LogP contribution in [0.2, 0.25) is 5.02 Å². The smallest absolute Gasteiger partial charge is 0.283 e. The first-order chi connectivity index (χ1) is 17.6. The summed E-state index contributed by atoms with van der Waals surface area (Å²) in [4.78, 5) is 20.6. The number of hydrogen-bond donors (Lipinski definition) is 0. The topological polar surface area (TPSA) is 48.8 Å². The highest BCUT2D eigenvalue weighted by molar-refractivity contribution is 7.14. The van der Waals surface area contributed by atoms with Crippen molar-refractivity contribution >= 4 is 51.5 Å². The van der Waals surface area contributed by atoms with E-state index in [9.17, 15) is 4.79 Å². The van der Waals surface area contributed by atoms with Crippen molar-refractivity contribution in [2.24, 2.45) is 5.10 Å². The maximum atomic E-state index is 13.6. The number of carbonyl (C=O) groups excluding carboxylic acids is 1. The molecule has 0 aliphatic carbocycles. The third kappa shape index (κ3) is 4.83. The van der Waals surface area contributed by atoms with E-state index in [0.717, 1.165) is 41.2 Å². The van der Waals surface area contributed by atoms with Gasteiger partial charge in [0.2, 0.25) is 5.13 Å². The fourth-order valence-electron chi connectivity index (χ4n) is 4.14. The molecule has 2 heterocycles. The lowest BCUT2D eigenvalue weighted by molar-refractivity contribution is -0.114. The molecule has 1 amide bonds. The van der Waals surface area contributed by atoms with Gasteiger partial charge in [-0.05, 0) is 49.8 Å². The van der Waals surface area contributed by atoms with Crippen LogP contribution < -0.4 is 9.91 Å². The summed E-state index contributed by atoms with van der Waals surface area (Å²) in [6.07, 6.45) is 1.91. The Bertz CT molecular complexity index is 1420. The summed E-state index contributed by atoms with van der Waals surface area (Å²) in [5.74, 6) is -0.196. The summed E-state index contributed by atoms with van der Waals surface area (Å²) in [7, 11) is 0. The Labute approximate surface area is 220 Å². The Morgan fingerprint density at radius 1 is 0.917 bits per heavy atom. The maximum Gasteiger partial charge on any atom is 0.283 e. The Morgan fingerprint density at radius 2 is 1.61 bits per heavy atom. The number of anilines is 2. The van der Waals surface area contributed by atoms with Gasteiger partial charge in [-0.1, -0.05) is 66.2 Å². The van der Waals surface area contributed by atoms with E-state index in [2.05, 4.69) is 30.9 Å². The Balaban J connectivity index is 1.50. The predicted octanol–water partition coefficient (Wildman–Crippen LogP) is 7.14. The minimum Gasteiger partial charge on any atom is -0.372 e. The van der Waals surface area contributed by atoms with Crippen LogP contribution in [0.15, 0.2) is 94.9 Å². The highest BCUT2D eigenvalue weighted by Crippen LogP contribution is 2.33. The molecule has 0 saturated carbocycles. The molecular formula is C29H25ClN4OS. The molecule has 1 aliphatic rings. The van der Waals surface area contributed by atoms with Crippen LogP contribution >= 0.6 is 22.9 Å². The molecule has 3 aromatic carbocycles. The van der Waals surface area contributed by atoms with Crippen LogP contribution in [0.4, 0.5) is 10.8 Å². The second-order valence-electron chi connectivity index (χ2n) is 8.28. The van der Waals surface area contributed by atoms with Crippen LogP contribution in [0.1, 0.15) is 25.0 Å². The van der Waals surface area contributed by atoms with E-state index in [1.54, 1.807) is 0 Å². The van der Waals surface area contributed by atoms with Crippen molar-refractivity contribution in [3.8, 4) is 11.3 Å². The van der Waals surface area contributed by atoms with Gasteiger partial charge in [-0.15, -0.1) is 11.3 Å². The predicted molar refractivity (Wildman–Crippen MR) is 151 cm³/mol. The van der Waals surface area contributed by atoms with Crippen molar-refractivity contribution in [1.29, 1.82) is 0 Å². The summed E-state index contributed by atoms with van der Waals surface area (Å²) in [6, 6.07) is 25.5. The van der Waals surface area contributed by atoms with E-state index in [4.69, 9.17) is 21.7 Å². The van der Waals surface area contributed by atoms with E-state index >= 15 is 0 Å². The molecule has 36 heavy (non-hydrogen) atoms. The monoisotopic (exact) mass is 512 g/mol. The van der Waals surface area contributed by atoms with Gasteiger partial charge in [-0.25, -0.2) is 4.98 Å². The van der Waals surface area contributed by atoms with Crippen LogP contribution in [0.3, 0.4) is 0 Å². The summed E-state index contributed by atoms with van der Waals surface area (Å²) in [6.45, 7) is 6.18. The first-order valence-electron chi connectivity index (χ1n) is 11.8. The average molecular weight is 513 g/mol. The quantitative estimate of drug-likeness (QED) is 0.247. The highest BCUT2D eigenvalue weighted by Gasteiger charge is 2.33. The van der Waals surface area contributed by atoms with Crippen LogP contribution in [-0.4, -0.2) is 29.7 Å². The number of carbonyl (C=O) groups is 1. The lowest BCUT2D eigenvalue weighted by Crippen LogP contribution is -2.21. The number of nitrogens with zero attached hydrogens (tertiary/aromatic N) is 4. The first kappa shape index (κ1) is 24.0. The minimum atomic E-state index is -0.196. The number of benzene rings is 3. The van der Waals surface area contributed by atoms with E-state index in [0.29, 0.717) is 21.4 Å². The van der Waals surface area contributed by atoms with Gasteiger partial charge in [0, 0.05) is 40.3 Å². The Hall–Kier alpha value is -3.74. The average Bonchev–Trinajstić information content (AvgIpc) is 3.52. The van der Waals surface area contributed by atoms with Crippen molar-refractivity contribution in [3.63, 3.8) is 0 Å². The Kier molecular flexibility index (Phi) is 6.98. The van der Waals surface area contributed by atoms with E-state index in [1.807, 2.05) is 78.2 Å². The number of halogens is 1. The molecule has 0 radical (unpaired) electrons. The molecule has 0 fully saturated rings. The molecule has 7 heteroatoms. The van der Waals surface area contributed by atoms with Crippen molar-refractivity contribution in [1.82, 2.24) is 4.98 Å². The number of thiazole rings is 1. The van der Waals surface area contributed by atoms with Gasteiger partial charge in [0.15, 0.2) is 0 Å². The second-order valence-corrected chi connectivity index (χ2v) is 9.55. The van der Waals surface area contributed by atoms with Gasteiger partial charge < -0.3 is 4.90 Å². The first-order valence-corrected chi connectivity index (χ1v) is 13.1. The van der Waals surface area contributed by atoms with Gasteiger partial charge in [0.05, 0.1) is 11.3 Å². The normalized spacial score (nSPS) is 14.4. The van der Waals surface area contributed by atoms with Crippen LogP contribution in [-0.2, 0) is 4.79 Å². The molecule has 0 saturated heterocycles. The third-order valence-electron chi connectivity index (χ3n) is 6.07. The minimum absolute atomic E-state index is 0.196. The molecule has 0 unspecified atom stereocenters. The van der Waals surface area contributed by atoms with Crippen molar-refractivity contribution in [3.05, 3.63) is 106 Å². The van der Waals surface area contributed by atoms with Gasteiger partial charge in [-0.3, -0.25) is 4.79 Å². The van der Waals surface area contributed by atoms with Crippen molar-refractivity contribution < 1.29 is 4.79 Å². The van der Waals surface area contributed by atoms with E-state index in [1.165, 1.54) is 16.3 Å². The largest absolute Gasteiger partial charge is 0.372 e. The number of amides is 1. The number of hydrogen-bond acceptors (Lipinski definition) is 5. The van der Waals surface area contributed by atoms with Gasteiger partial charge in [0.25, 0.3) is 5.91 Å². The van der Waals surface area contributed by atoms with Crippen LogP contribution in [0.5, 0.6) is 0 Å². The summed E-state index contributed by atoms with van der Waals surface area (Å²) in [5, 5.41) is 9.26. The summed E-state index contributed by atoms with van der Waals surface area (Å²) >= 11 is 7.41. The summed E-state index contributed by atoms with van der Waals surface area (Å²) in [5.41, 5.74) is 5.88. The molecule has 0 N–H and O–H groups in total. The maximum absolute atomic E-state index is 13.6. The lowest BCUT2D eigenvalue weighted by atomic mass is 10.0. The molecule has 0 bridgehead atoms. The molecule has 0 atom stereocenters. The molecule has 1 aliphatic heterocycles. The lowest BCUT2D eigenvalue weighted by Gasteiger charge is -2.20. The molecule has 180 valence electrons. The zero-order valence-electron chi connectivity index (χ0n) is 20.1. The number of aromatic nitrogens is 1.